The highest BCUT2D eigenvalue weighted by Crippen LogP contribution is 2.30. The van der Waals surface area contributed by atoms with Crippen molar-refractivity contribution in [2.75, 3.05) is 30.3 Å². The molecule has 0 saturated carbocycles. The van der Waals surface area contributed by atoms with E-state index in [1.807, 2.05) is 0 Å². The highest BCUT2D eigenvalue weighted by molar-refractivity contribution is 7.89. The zero-order valence-corrected chi connectivity index (χ0v) is 16.2. The molecule has 156 valence electrons. The number of carbonyl (C=O) groups excluding carboxylic acids is 1. The number of sulfonamides is 1. The molecule has 29 heavy (non-hydrogen) atoms. The second-order valence-corrected chi connectivity index (χ2v) is 8.55. The molecule has 10 heteroatoms. The van der Waals surface area contributed by atoms with Crippen LogP contribution in [0.1, 0.15) is 18.4 Å². The van der Waals surface area contributed by atoms with Crippen molar-refractivity contribution in [3.05, 3.63) is 54.1 Å². The van der Waals surface area contributed by atoms with Gasteiger partial charge >= 0.3 is 6.18 Å². The van der Waals surface area contributed by atoms with Crippen molar-refractivity contribution in [3.63, 3.8) is 0 Å². The molecule has 0 aliphatic carbocycles. The summed E-state index contributed by atoms with van der Waals surface area (Å²) < 4.78 is 64.5. The zero-order valence-electron chi connectivity index (χ0n) is 15.4. The van der Waals surface area contributed by atoms with Gasteiger partial charge in [0.2, 0.25) is 15.9 Å². The molecule has 0 radical (unpaired) electrons. The fourth-order valence-corrected chi connectivity index (χ4v) is 4.50. The molecule has 1 heterocycles. The highest BCUT2D eigenvalue weighted by Gasteiger charge is 2.30. The standard InChI is InChI=1S/C19H20F3N3O3S/c20-19(21,22)14-4-3-5-16(12-14)23-13-18(26)24-15-6-8-17(9-7-15)29(27,28)25-10-1-2-11-25/h3-9,12,23H,1-2,10-11,13H2,(H,24,26). The van der Waals surface area contributed by atoms with Crippen molar-refractivity contribution in [3.8, 4) is 0 Å². The topological polar surface area (TPSA) is 78.5 Å². The first-order valence-electron chi connectivity index (χ1n) is 8.97. The van der Waals surface area contributed by atoms with Gasteiger partial charge in [-0.2, -0.15) is 17.5 Å². The molecule has 1 aliphatic rings. The van der Waals surface area contributed by atoms with E-state index in [4.69, 9.17) is 0 Å². The summed E-state index contributed by atoms with van der Waals surface area (Å²) in [5, 5.41) is 5.21. The third kappa shape index (κ3) is 5.27. The van der Waals surface area contributed by atoms with Crippen LogP contribution < -0.4 is 10.6 Å². The molecule has 3 rings (SSSR count). The smallest absolute Gasteiger partial charge is 0.376 e. The van der Waals surface area contributed by atoms with Crippen molar-refractivity contribution in [2.45, 2.75) is 23.9 Å². The fourth-order valence-electron chi connectivity index (χ4n) is 2.98. The minimum atomic E-state index is -4.46. The maximum absolute atomic E-state index is 12.7. The SMILES string of the molecule is O=C(CNc1cccc(C(F)(F)F)c1)Nc1ccc(S(=O)(=O)N2CCCC2)cc1. The van der Waals surface area contributed by atoms with Crippen LogP contribution in [-0.4, -0.2) is 38.3 Å². The van der Waals surface area contributed by atoms with E-state index in [0.29, 0.717) is 18.8 Å². The molecule has 2 N–H and O–H groups in total. The van der Waals surface area contributed by atoms with E-state index in [-0.39, 0.29) is 17.1 Å². The molecule has 1 amide bonds. The number of nitrogens with one attached hydrogen (secondary N) is 2. The number of hydrogen-bond donors (Lipinski definition) is 2. The first kappa shape index (κ1) is 21.1. The van der Waals surface area contributed by atoms with Gasteiger partial charge < -0.3 is 10.6 Å². The van der Waals surface area contributed by atoms with Gasteiger partial charge in [0.25, 0.3) is 0 Å². The second kappa shape index (κ2) is 8.42. The quantitative estimate of drug-likeness (QED) is 0.739. The molecule has 0 aromatic heterocycles. The van der Waals surface area contributed by atoms with Crippen LogP contribution in [0.5, 0.6) is 0 Å². The summed E-state index contributed by atoms with van der Waals surface area (Å²) in [5.74, 6) is -0.474. The van der Waals surface area contributed by atoms with Gasteiger partial charge in [-0.15, -0.1) is 0 Å². The molecular formula is C19H20F3N3O3S. The number of anilines is 2. The van der Waals surface area contributed by atoms with Crippen LogP contribution in [0.2, 0.25) is 0 Å². The molecule has 1 fully saturated rings. The van der Waals surface area contributed by atoms with E-state index in [2.05, 4.69) is 10.6 Å². The third-order valence-corrected chi connectivity index (χ3v) is 6.40. The fraction of sp³-hybridized carbons (Fsp3) is 0.316. The van der Waals surface area contributed by atoms with Gasteiger partial charge in [0.15, 0.2) is 0 Å². The molecule has 6 nitrogen and oxygen atoms in total. The number of rotatable bonds is 6. The van der Waals surface area contributed by atoms with Gasteiger partial charge in [0.1, 0.15) is 0 Å². The predicted octanol–water partition coefficient (Wildman–Crippen LogP) is 3.54. The lowest BCUT2D eigenvalue weighted by Crippen LogP contribution is -2.27. The molecule has 0 spiro atoms. The average Bonchev–Trinajstić information content (AvgIpc) is 3.22. The van der Waals surface area contributed by atoms with Crippen molar-refractivity contribution in [1.29, 1.82) is 0 Å². The summed E-state index contributed by atoms with van der Waals surface area (Å²) in [5.41, 5.74) is -0.249. The largest absolute Gasteiger partial charge is 0.416 e. The first-order chi connectivity index (χ1) is 13.7. The Balaban J connectivity index is 1.57. The second-order valence-electron chi connectivity index (χ2n) is 6.62. The van der Waals surface area contributed by atoms with Gasteiger partial charge in [-0.05, 0) is 55.3 Å². The molecule has 2 aromatic rings. The Bertz CT molecular complexity index is 970. The summed E-state index contributed by atoms with van der Waals surface area (Å²) in [6.07, 6.45) is -2.78. The van der Waals surface area contributed by atoms with Crippen LogP contribution in [0.25, 0.3) is 0 Å². The van der Waals surface area contributed by atoms with Crippen LogP contribution >= 0.6 is 0 Å². The Morgan fingerprint density at radius 2 is 1.66 bits per heavy atom. The van der Waals surface area contributed by atoms with Gasteiger partial charge in [0, 0.05) is 24.5 Å². The minimum Gasteiger partial charge on any atom is -0.376 e. The van der Waals surface area contributed by atoms with E-state index in [1.165, 1.54) is 40.7 Å². The number of nitrogens with zero attached hydrogens (tertiary/aromatic N) is 1. The maximum Gasteiger partial charge on any atom is 0.416 e. The van der Waals surface area contributed by atoms with Crippen LogP contribution in [0.3, 0.4) is 0 Å². The van der Waals surface area contributed by atoms with Gasteiger partial charge in [-0.3, -0.25) is 4.79 Å². The Labute approximate surface area is 166 Å². The number of alkyl halides is 3. The Kier molecular flexibility index (Phi) is 6.13. The molecule has 2 aromatic carbocycles. The molecule has 0 unspecified atom stereocenters. The van der Waals surface area contributed by atoms with E-state index < -0.39 is 27.7 Å². The van der Waals surface area contributed by atoms with E-state index in [0.717, 1.165) is 25.0 Å². The Morgan fingerprint density at radius 1 is 1.00 bits per heavy atom. The van der Waals surface area contributed by atoms with E-state index >= 15 is 0 Å². The lowest BCUT2D eigenvalue weighted by molar-refractivity contribution is -0.137. The summed E-state index contributed by atoms with van der Waals surface area (Å²) in [7, 11) is -3.53. The highest BCUT2D eigenvalue weighted by atomic mass is 32.2. The lowest BCUT2D eigenvalue weighted by atomic mass is 10.2. The van der Waals surface area contributed by atoms with E-state index in [9.17, 15) is 26.4 Å². The average molecular weight is 427 g/mol. The molecule has 0 bridgehead atoms. The zero-order chi connectivity index (χ0) is 21.1. The summed E-state index contributed by atoms with van der Waals surface area (Å²) in [4.78, 5) is 12.2. The Hall–Kier alpha value is -2.59. The molecular weight excluding hydrogens is 407 g/mol. The number of benzene rings is 2. The van der Waals surface area contributed by atoms with Crippen LogP contribution in [0.4, 0.5) is 24.5 Å². The molecule has 1 saturated heterocycles. The van der Waals surface area contributed by atoms with E-state index in [1.54, 1.807) is 0 Å². The van der Waals surface area contributed by atoms with Crippen molar-refractivity contribution < 1.29 is 26.4 Å². The molecule has 0 atom stereocenters. The number of halogens is 3. The van der Waals surface area contributed by atoms with Crippen molar-refractivity contribution in [2.24, 2.45) is 0 Å². The Morgan fingerprint density at radius 3 is 2.28 bits per heavy atom. The first-order valence-corrected chi connectivity index (χ1v) is 10.4. The summed E-state index contributed by atoms with van der Waals surface area (Å²) in [6, 6.07) is 10.3. The lowest BCUT2D eigenvalue weighted by Gasteiger charge is -2.15. The van der Waals surface area contributed by atoms with Gasteiger partial charge in [-0.1, -0.05) is 6.07 Å². The summed E-state index contributed by atoms with van der Waals surface area (Å²) >= 11 is 0. The monoisotopic (exact) mass is 427 g/mol. The van der Waals surface area contributed by atoms with Crippen LogP contribution in [-0.2, 0) is 21.0 Å². The normalized spacial score (nSPS) is 15.3. The summed E-state index contributed by atoms with van der Waals surface area (Å²) in [6.45, 7) is 0.763. The van der Waals surface area contributed by atoms with Crippen LogP contribution in [0, 0.1) is 0 Å². The third-order valence-electron chi connectivity index (χ3n) is 4.48. The minimum absolute atomic E-state index is 0.152. The number of amides is 1. The van der Waals surface area contributed by atoms with Crippen molar-refractivity contribution in [1.82, 2.24) is 4.31 Å². The predicted molar refractivity (Wildman–Crippen MR) is 103 cm³/mol. The van der Waals surface area contributed by atoms with Gasteiger partial charge in [-0.25, -0.2) is 8.42 Å². The van der Waals surface area contributed by atoms with Crippen molar-refractivity contribution >= 4 is 27.3 Å². The number of carbonyl (C=O) groups is 1. The van der Waals surface area contributed by atoms with Crippen LogP contribution in [0.15, 0.2) is 53.4 Å². The number of hydrogen-bond acceptors (Lipinski definition) is 4. The van der Waals surface area contributed by atoms with Gasteiger partial charge in [0.05, 0.1) is 17.0 Å². The molecule has 1 aliphatic heterocycles. The maximum atomic E-state index is 12.7.